The van der Waals surface area contributed by atoms with Gasteiger partial charge in [0.2, 0.25) is 0 Å². The van der Waals surface area contributed by atoms with Gasteiger partial charge >= 0.3 is 0 Å². The van der Waals surface area contributed by atoms with Gasteiger partial charge in [0.05, 0.1) is 5.52 Å². The van der Waals surface area contributed by atoms with Gasteiger partial charge in [0.25, 0.3) is 0 Å². The summed E-state index contributed by atoms with van der Waals surface area (Å²) in [4.78, 5) is 4.45. The molecule has 0 bridgehead atoms. The third kappa shape index (κ3) is 2.17. The van der Waals surface area contributed by atoms with Gasteiger partial charge in [0.1, 0.15) is 10.4 Å². The molecule has 5 heteroatoms. The van der Waals surface area contributed by atoms with Crippen molar-refractivity contribution in [3.05, 3.63) is 33.8 Å². The fourth-order valence-electron chi connectivity index (χ4n) is 1.50. The zero-order valence-corrected chi connectivity index (χ0v) is 10.6. The number of fused-ring (bicyclic) bond motifs is 1. The highest BCUT2D eigenvalue weighted by molar-refractivity contribution is 9.10. The highest BCUT2D eigenvalue weighted by Gasteiger charge is 2.08. The molecule has 0 amide bonds. The summed E-state index contributed by atoms with van der Waals surface area (Å²) in [6.45, 7) is 0.911. The minimum Gasteiger partial charge on any atom is -0.319 e. The van der Waals surface area contributed by atoms with Gasteiger partial charge in [-0.15, -0.1) is 0 Å². The largest absolute Gasteiger partial charge is 0.319 e. The van der Waals surface area contributed by atoms with Crippen LogP contribution in [-0.4, -0.2) is 23.0 Å². The van der Waals surface area contributed by atoms with Gasteiger partial charge in [-0.05, 0) is 35.1 Å². The Kier molecular flexibility index (Phi) is 3.29. The minimum absolute atomic E-state index is 0.725. The standard InChI is InChI=1S/C10H11BrClN3/c1-13-4-2-9-14-10(11)8-6-7(12)3-5-15(8)9/h3,5-6,13H,2,4H2,1H3. The molecule has 2 heterocycles. The second-order valence-corrected chi connectivity index (χ2v) is 4.46. The summed E-state index contributed by atoms with van der Waals surface area (Å²) < 4.78 is 2.89. The summed E-state index contributed by atoms with van der Waals surface area (Å²) in [5.74, 6) is 1.03. The van der Waals surface area contributed by atoms with Gasteiger partial charge in [-0.3, -0.25) is 0 Å². The van der Waals surface area contributed by atoms with Crippen molar-refractivity contribution in [3.8, 4) is 0 Å². The number of imidazole rings is 1. The number of nitrogens with one attached hydrogen (secondary N) is 1. The minimum atomic E-state index is 0.725. The Morgan fingerprint density at radius 3 is 3.13 bits per heavy atom. The van der Waals surface area contributed by atoms with Crippen LogP contribution in [0.4, 0.5) is 0 Å². The van der Waals surface area contributed by atoms with Crippen LogP contribution in [-0.2, 0) is 6.42 Å². The SMILES string of the molecule is CNCCc1nc(Br)c2cc(Cl)ccn12. The predicted molar refractivity (Wildman–Crippen MR) is 65.5 cm³/mol. The summed E-state index contributed by atoms with van der Waals surface area (Å²) in [5, 5.41) is 3.83. The number of hydrogen-bond acceptors (Lipinski definition) is 2. The Morgan fingerprint density at radius 1 is 1.60 bits per heavy atom. The Morgan fingerprint density at radius 2 is 2.40 bits per heavy atom. The summed E-state index contributed by atoms with van der Waals surface area (Å²) >= 11 is 9.36. The molecule has 2 aromatic rings. The quantitative estimate of drug-likeness (QED) is 0.940. The van der Waals surface area contributed by atoms with Gasteiger partial charge in [-0.2, -0.15) is 0 Å². The molecule has 0 aliphatic heterocycles. The number of nitrogens with zero attached hydrogens (tertiary/aromatic N) is 2. The summed E-state index contributed by atoms with van der Waals surface area (Å²) in [7, 11) is 1.93. The van der Waals surface area contributed by atoms with Crippen LogP contribution in [0.3, 0.4) is 0 Å². The van der Waals surface area contributed by atoms with Crippen LogP contribution < -0.4 is 5.32 Å². The molecule has 0 fully saturated rings. The van der Waals surface area contributed by atoms with Crippen molar-refractivity contribution in [1.82, 2.24) is 14.7 Å². The Balaban J connectivity index is 2.48. The first-order valence-corrected chi connectivity index (χ1v) is 5.86. The summed E-state index contributed by atoms with van der Waals surface area (Å²) in [6, 6.07) is 3.77. The molecule has 80 valence electrons. The molecule has 0 aliphatic carbocycles. The number of halogens is 2. The van der Waals surface area contributed by atoms with Crippen molar-refractivity contribution < 1.29 is 0 Å². The normalized spacial score (nSPS) is 11.1. The lowest BCUT2D eigenvalue weighted by molar-refractivity contribution is 0.752. The Hall–Kier alpha value is -0.580. The molecule has 2 rings (SSSR count). The lowest BCUT2D eigenvalue weighted by atomic mass is 10.4. The maximum absolute atomic E-state index is 5.93. The van der Waals surface area contributed by atoms with Crippen molar-refractivity contribution in [2.45, 2.75) is 6.42 Å². The van der Waals surface area contributed by atoms with E-state index in [0.717, 1.165) is 33.9 Å². The van der Waals surface area contributed by atoms with Crippen molar-refractivity contribution in [2.75, 3.05) is 13.6 Å². The maximum atomic E-state index is 5.93. The first kappa shape index (κ1) is 10.9. The summed E-state index contributed by atoms with van der Waals surface area (Å²) in [6.07, 6.45) is 2.84. The molecule has 15 heavy (non-hydrogen) atoms. The second kappa shape index (κ2) is 4.51. The van der Waals surface area contributed by atoms with Crippen LogP contribution in [0.25, 0.3) is 5.52 Å². The first-order valence-electron chi connectivity index (χ1n) is 4.69. The molecule has 0 spiro atoms. The van der Waals surface area contributed by atoms with Crippen LogP contribution in [0.2, 0.25) is 5.02 Å². The van der Waals surface area contributed by atoms with E-state index in [2.05, 4.69) is 26.2 Å². The van der Waals surface area contributed by atoms with Crippen molar-refractivity contribution >= 4 is 33.0 Å². The molecule has 0 atom stereocenters. The molecular weight excluding hydrogens is 277 g/mol. The van der Waals surface area contributed by atoms with E-state index in [0.29, 0.717) is 0 Å². The van der Waals surface area contributed by atoms with Crippen LogP contribution >= 0.6 is 27.5 Å². The van der Waals surface area contributed by atoms with E-state index in [-0.39, 0.29) is 0 Å². The highest BCUT2D eigenvalue weighted by atomic mass is 79.9. The van der Waals surface area contributed by atoms with Crippen molar-refractivity contribution in [1.29, 1.82) is 0 Å². The molecule has 0 saturated heterocycles. The fourth-order valence-corrected chi connectivity index (χ4v) is 2.17. The number of aromatic nitrogens is 2. The molecular formula is C10H11BrClN3. The zero-order valence-electron chi connectivity index (χ0n) is 8.30. The van der Waals surface area contributed by atoms with E-state index in [1.807, 2.05) is 29.8 Å². The number of likely N-dealkylation sites (N-methyl/N-ethyl adjacent to an activating group) is 1. The molecule has 1 N–H and O–H groups in total. The molecule has 2 aromatic heterocycles. The third-order valence-electron chi connectivity index (χ3n) is 2.23. The first-order chi connectivity index (χ1) is 7.22. The zero-order chi connectivity index (χ0) is 10.8. The van der Waals surface area contributed by atoms with E-state index < -0.39 is 0 Å². The Labute approximate surface area is 102 Å². The van der Waals surface area contributed by atoms with Crippen LogP contribution in [0.15, 0.2) is 22.9 Å². The Bertz CT molecular complexity index is 481. The third-order valence-corrected chi connectivity index (χ3v) is 3.05. The molecule has 3 nitrogen and oxygen atoms in total. The molecule has 0 aliphatic rings. The number of pyridine rings is 1. The van der Waals surface area contributed by atoms with Crippen LogP contribution in [0.5, 0.6) is 0 Å². The lowest BCUT2D eigenvalue weighted by Gasteiger charge is -2.00. The van der Waals surface area contributed by atoms with Gasteiger partial charge in [0.15, 0.2) is 0 Å². The molecule has 0 radical (unpaired) electrons. The smallest absolute Gasteiger partial charge is 0.132 e. The van der Waals surface area contributed by atoms with Crippen LogP contribution in [0, 0.1) is 0 Å². The van der Waals surface area contributed by atoms with Gasteiger partial charge in [-0.1, -0.05) is 11.6 Å². The van der Waals surface area contributed by atoms with E-state index in [9.17, 15) is 0 Å². The highest BCUT2D eigenvalue weighted by Crippen LogP contribution is 2.22. The van der Waals surface area contributed by atoms with E-state index in [4.69, 9.17) is 11.6 Å². The van der Waals surface area contributed by atoms with Crippen LogP contribution in [0.1, 0.15) is 5.82 Å². The number of hydrogen-bond donors (Lipinski definition) is 1. The average molecular weight is 289 g/mol. The molecule has 0 unspecified atom stereocenters. The average Bonchev–Trinajstić information content (AvgIpc) is 2.53. The van der Waals surface area contributed by atoms with Crippen molar-refractivity contribution in [3.63, 3.8) is 0 Å². The van der Waals surface area contributed by atoms with E-state index in [1.54, 1.807) is 0 Å². The van der Waals surface area contributed by atoms with Crippen molar-refractivity contribution in [2.24, 2.45) is 0 Å². The summed E-state index contributed by atoms with van der Waals surface area (Å²) in [5.41, 5.74) is 1.01. The monoisotopic (exact) mass is 287 g/mol. The van der Waals surface area contributed by atoms with Gasteiger partial charge < -0.3 is 9.72 Å². The van der Waals surface area contributed by atoms with E-state index >= 15 is 0 Å². The fraction of sp³-hybridized carbons (Fsp3) is 0.300. The topological polar surface area (TPSA) is 29.3 Å². The van der Waals surface area contributed by atoms with E-state index in [1.165, 1.54) is 0 Å². The lowest BCUT2D eigenvalue weighted by Crippen LogP contribution is -2.12. The second-order valence-electron chi connectivity index (χ2n) is 3.27. The molecule has 0 aromatic carbocycles. The van der Waals surface area contributed by atoms with Gasteiger partial charge in [-0.25, -0.2) is 4.98 Å². The molecule has 0 saturated carbocycles. The maximum Gasteiger partial charge on any atom is 0.132 e. The van der Waals surface area contributed by atoms with Gasteiger partial charge in [0, 0.05) is 24.2 Å². The number of rotatable bonds is 3. The predicted octanol–water partition coefficient (Wildman–Crippen LogP) is 2.51.